The third-order valence-electron chi connectivity index (χ3n) is 7.07. The number of hydrogen-bond acceptors (Lipinski definition) is 4. The lowest BCUT2D eigenvalue weighted by molar-refractivity contribution is -0.135. The summed E-state index contributed by atoms with van der Waals surface area (Å²) in [6.45, 7) is 1.84. The number of para-hydroxylation sites is 1. The molecule has 4 aromatic heterocycles. The summed E-state index contributed by atoms with van der Waals surface area (Å²) in [7, 11) is 0. The molecule has 5 aromatic rings. The number of amides is 1. The maximum atomic E-state index is 13.6. The molecule has 1 fully saturated rings. The summed E-state index contributed by atoms with van der Waals surface area (Å²) in [5.74, 6) is -0.0794. The molecule has 0 N–H and O–H groups in total. The highest BCUT2D eigenvalue weighted by Crippen LogP contribution is 2.27. The molecule has 1 saturated heterocycles. The van der Waals surface area contributed by atoms with E-state index in [0.717, 1.165) is 22.2 Å². The zero-order valence-corrected chi connectivity index (χ0v) is 20.1. The van der Waals surface area contributed by atoms with Gasteiger partial charge in [-0.3, -0.25) is 9.36 Å². The number of aromatic nitrogens is 5. The van der Waals surface area contributed by atoms with E-state index in [1.165, 1.54) is 14.0 Å². The molecule has 1 unspecified atom stereocenters. The number of benzene rings is 1. The number of halogens is 2. The zero-order chi connectivity index (χ0) is 25.7. The van der Waals surface area contributed by atoms with Crippen LogP contribution in [0.2, 0.25) is 0 Å². The molecule has 37 heavy (non-hydrogen) atoms. The summed E-state index contributed by atoms with van der Waals surface area (Å²) in [6.07, 6.45) is 3.51. The summed E-state index contributed by atoms with van der Waals surface area (Å²) in [4.78, 5) is 32.5. The lowest BCUT2D eigenvalue weighted by Gasteiger charge is -2.24. The van der Waals surface area contributed by atoms with Crippen molar-refractivity contribution in [3.05, 3.63) is 83.2 Å². The molecule has 0 saturated carbocycles. The van der Waals surface area contributed by atoms with Crippen molar-refractivity contribution in [2.45, 2.75) is 38.8 Å². The van der Waals surface area contributed by atoms with E-state index in [0.29, 0.717) is 23.3 Å². The standard InChI is InChI=1S/C27H24F2N6O2/c1-17-6-4-8-21-25(17)35(27(37)33(21)16-24(36)32-12-5-9-22(32)26(28)29)23-11-10-18(14-30-23)19-15-31-34-13-3-2-7-20(19)34/h2-4,6-8,10-11,13-15,22,26H,5,9,12,16H2,1H3. The van der Waals surface area contributed by atoms with Gasteiger partial charge in [0.15, 0.2) is 0 Å². The largest absolute Gasteiger partial charge is 0.335 e. The lowest BCUT2D eigenvalue weighted by Crippen LogP contribution is -2.42. The second kappa shape index (κ2) is 8.95. The molecule has 0 bridgehead atoms. The maximum absolute atomic E-state index is 13.6. The van der Waals surface area contributed by atoms with Gasteiger partial charge in [0, 0.05) is 30.1 Å². The first-order valence-corrected chi connectivity index (χ1v) is 12.1. The van der Waals surface area contributed by atoms with E-state index < -0.39 is 24.1 Å². The van der Waals surface area contributed by atoms with E-state index >= 15 is 0 Å². The predicted molar refractivity (Wildman–Crippen MR) is 135 cm³/mol. The van der Waals surface area contributed by atoms with Crippen LogP contribution in [0.25, 0.3) is 33.5 Å². The van der Waals surface area contributed by atoms with Crippen LogP contribution in [-0.4, -0.2) is 53.6 Å². The van der Waals surface area contributed by atoms with Gasteiger partial charge in [-0.1, -0.05) is 18.2 Å². The van der Waals surface area contributed by atoms with Crippen LogP contribution in [-0.2, 0) is 11.3 Å². The highest BCUT2D eigenvalue weighted by Gasteiger charge is 2.35. The topological polar surface area (TPSA) is 77.4 Å². The lowest BCUT2D eigenvalue weighted by atomic mass is 10.1. The molecule has 0 radical (unpaired) electrons. The van der Waals surface area contributed by atoms with Gasteiger partial charge in [-0.2, -0.15) is 5.10 Å². The van der Waals surface area contributed by atoms with Gasteiger partial charge >= 0.3 is 5.69 Å². The molecule has 1 aliphatic rings. The van der Waals surface area contributed by atoms with Gasteiger partial charge in [-0.15, -0.1) is 0 Å². The van der Waals surface area contributed by atoms with Gasteiger partial charge < -0.3 is 4.90 Å². The van der Waals surface area contributed by atoms with E-state index in [2.05, 4.69) is 10.1 Å². The number of likely N-dealkylation sites (tertiary alicyclic amines) is 1. The van der Waals surface area contributed by atoms with Gasteiger partial charge in [0.25, 0.3) is 6.43 Å². The molecular formula is C27H24F2N6O2. The minimum atomic E-state index is -2.61. The van der Waals surface area contributed by atoms with E-state index in [1.807, 2.05) is 49.5 Å². The first-order valence-electron chi connectivity index (χ1n) is 12.1. The summed E-state index contributed by atoms with van der Waals surface area (Å²) in [5.41, 5.74) is 4.27. The van der Waals surface area contributed by atoms with Crippen LogP contribution in [0, 0.1) is 6.92 Å². The number of hydrogen-bond donors (Lipinski definition) is 0. The first kappa shape index (κ1) is 23.1. The average molecular weight is 503 g/mol. The highest BCUT2D eigenvalue weighted by atomic mass is 19.3. The SMILES string of the molecule is Cc1cccc2c1n(-c1ccc(-c3cnn4ccccc34)cn1)c(=O)n2CC(=O)N1CCCC1C(F)F. The fraction of sp³-hybridized carbons (Fsp3) is 0.259. The molecule has 10 heteroatoms. The number of pyridine rings is 2. The molecule has 1 aromatic carbocycles. The Bertz CT molecular complexity index is 1690. The van der Waals surface area contributed by atoms with Crippen LogP contribution in [0.15, 0.2) is 71.9 Å². The van der Waals surface area contributed by atoms with Gasteiger partial charge in [0.2, 0.25) is 5.91 Å². The molecule has 6 rings (SSSR count). The molecule has 8 nitrogen and oxygen atoms in total. The number of nitrogens with zero attached hydrogens (tertiary/aromatic N) is 6. The third-order valence-corrected chi connectivity index (χ3v) is 7.07. The molecule has 1 atom stereocenters. The summed E-state index contributed by atoms with van der Waals surface area (Å²) >= 11 is 0. The number of alkyl halides is 2. The minimum absolute atomic E-state index is 0.266. The number of fused-ring (bicyclic) bond motifs is 2. The Morgan fingerprint density at radius 3 is 2.70 bits per heavy atom. The van der Waals surface area contributed by atoms with Gasteiger partial charge in [0.1, 0.15) is 12.4 Å². The van der Waals surface area contributed by atoms with Gasteiger partial charge in [0.05, 0.1) is 28.8 Å². The second-order valence-electron chi connectivity index (χ2n) is 9.27. The van der Waals surface area contributed by atoms with Gasteiger partial charge in [-0.25, -0.2) is 27.6 Å². The van der Waals surface area contributed by atoms with Crippen molar-refractivity contribution in [3.63, 3.8) is 0 Å². The molecule has 1 amide bonds. The van der Waals surface area contributed by atoms with Crippen molar-refractivity contribution in [1.82, 2.24) is 28.6 Å². The Kier molecular flexibility index (Phi) is 5.58. The summed E-state index contributed by atoms with van der Waals surface area (Å²) < 4.78 is 31.5. The van der Waals surface area contributed by atoms with E-state index in [9.17, 15) is 18.4 Å². The Morgan fingerprint density at radius 1 is 1.08 bits per heavy atom. The number of rotatable bonds is 5. The Hall–Kier alpha value is -4.34. The summed E-state index contributed by atoms with van der Waals surface area (Å²) in [5, 5.41) is 4.37. The number of aryl methyl sites for hydroxylation is 1. The minimum Gasteiger partial charge on any atom is -0.332 e. The molecule has 0 aliphatic carbocycles. The first-order chi connectivity index (χ1) is 17.9. The van der Waals surface area contributed by atoms with Crippen molar-refractivity contribution in [3.8, 4) is 16.9 Å². The van der Waals surface area contributed by atoms with E-state index in [1.54, 1.807) is 29.0 Å². The van der Waals surface area contributed by atoms with Crippen molar-refractivity contribution < 1.29 is 13.6 Å². The monoisotopic (exact) mass is 502 g/mol. The number of carbonyl (C=O) groups is 1. The Labute approximate surface area is 210 Å². The van der Waals surface area contributed by atoms with Gasteiger partial charge in [-0.05, 0) is 55.7 Å². The average Bonchev–Trinajstić information content (AvgIpc) is 3.62. The highest BCUT2D eigenvalue weighted by molar-refractivity contribution is 5.84. The fourth-order valence-corrected chi connectivity index (χ4v) is 5.26. The van der Waals surface area contributed by atoms with Crippen LogP contribution in [0.5, 0.6) is 0 Å². The zero-order valence-electron chi connectivity index (χ0n) is 20.1. The summed E-state index contributed by atoms with van der Waals surface area (Å²) in [6, 6.07) is 13.8. The van der Waals surface area contributed by atoms with Crippen LogP contribution in [0.3, 0.4) is 0 Å². The van der Waals surface area contributed by atoms with Crippen LogP contribution in [0.1, 0.15) is 18.4 Å². The van der Waals surface area contributed by atoms with Crippen LogP contribution >= 0.6 is 0 Å². The molecule has 0 spiro atoms. The van der Waals surface area contributed by atoms with Crippen LogP contribution < -0.4 is 5.69 Å². The molecule has 5 heterocycles. The molecule has 188 valence electrons. The number of imidazole rings is 1. The normalized spacial score (nSPS) is 15.9. The quantitative estimate of drug-likeness (QED) is 0.363. The molecule has 1 aliphatic heterocycles. The number of carbonyl (C=O) groups excluding carboxylic acids is 1. The fourth-order valence-electron chi connectivity index (χ4n) is 5.26. The van der Waals surface area contributed by atoms with E-state index in [-0.39, 0.29) is 19.5 Å². The Balaban J connectivity index is 1.40. The van der Waals surface area contributed by atoms with E-state index in [4.69, 9.17) is 0 Å². The second-order valence-corrected chi connectivity index (χ2v) is 9.27. The molecular weight excluding hydrogens is 478 g/mol. The van der Waals surface area contributed by atoms with Crippen molar-refractivity contribution in [2.75, 3.05) is 6.54 Å². The maximum Gasteiger partial charge on any atom is 0.335 e. The third kappa shape index (κ3) is 3.80. The van der Waals surface area contributed by atoms with Crippen LogP contribution in [0.4, 0.5) is 8.78 Å². The van der Waals surface area contributed by atoms with Crippen molar-refractivity contribution in [2.24, 2.45) is 0 Å². The Morgan fingerprint density at radius 2 is 1.92 bits per heavy atom. The van der Waals surface area contributed by atoms with Crippen molar-refractivity contribution in [1.29, 1.82) is 0 Å². The van der Waals surface area contributed by atoms with Crippen molar-refractivity contribution >= 4 is 22.5 Å². The predicted octanol–water partition coefficient (Wildman–Crippen LogP) is 4.07. The smallest absolute Gasteiger partial charge is 0.332 e.